The predicted octanol–water partition coefficient (Wildman–Crippen LogP) is 6.19. The molecule has 28 heavy (non-hydrogen) atoms. The van der Waals surface area contributed by atoms with E-state index in [1.54, 1.807) is 0 Å². The summed E-state index contributed by atoms with van der Waals surface area (Å²) in [7, 11) is 0. The van der Waals surface area contributed by atoms with Gasteiger partial charge in [0.15, 0.2) is 12.6 Å². The van der Waals surface area contributed by atoms with Crippen molar-refractivity contribution in [3.63, 3.8) is 0 Å². The van der Waals surface area contributed by atoms with Gasteiger partial charge in [-0.15, -0.1) is 22.7 Å². The van der Waals surface area contributed by atoms with Gasteiger partial charge < -0.3 is 0 Å². The van der Waals surface area contributed by atoms with E-state index in [2.05, 4.69) is 0 Å². The number of allylic oxidation sites excluding steroid dienone is 2. The molecule has 0 fully saturated rings. The first-order valence-electron chi connectivity index (χ1n) is 7.83. The van der Waals surface area contributed by atoms with E-state index in [0.717, 1.165) is 17.4 Å². The third-order valence-corrected chi connectivity index (χ3v) is 6.61. The van der Waals surface area contributed by atoms with Gasteiger partial charge in [0.25, 0.3) is 0 Å². The van der Waals surface area contributed by atoms with Crippen molar-refractivity contribution >= 4 is 46.4 Å². The maximum Gasteiger partial charge on any atom is 0.380 e. The van der Waals surface area contributed by atoms with E-state index >= 15 is 0 Å². The molecule has 150 valence electrons. The van der Waals surface area contributed by atoms with Crippen molar-refractivity contribution in [2.75, 3.05) is 0 Å². The topological polar surface area (TPSA) is 34.1 Å². The first kappa shape index (κ1) is 20.8. The minimum Gasteiger partial charge on any atom is -0.298 e. The summed E-state index contributed by atoms with van der Waals surface area (Å²) in [5.74, 6) is -16.1. The number of carbonyl (C=O) groups is 2. The van der Waals surface area contributed by atoms with Gasteiger partial charge >= 0.3 is 17.8 Å². The summed E-state index contributed by atoms with van der Waals surface area (Å²) in [6.07, 6.45) is 0.248. The van der Waals surface area contributed by atoms with Crippen LogP contribution in [0.5, 0.6) is 0 Å². The molecular formula is C18H12F6O2S2. The molecular weight excluding hydrogens is 426 g/mol. The largest absolute Gasteiger partial charge is 0.380 e. The number of hydrogen-bond acceptors (Lipinski definition) is 4. The SMILES string of the molecule is Cc1cc(C2=C(c3c(C)sc(C=O)c3C=O)C(F)(F)C(F)(F)C2(F)F)c(C)s1. The Morgan fingerprint density at radius 2 is 1.39 bits per heavy atom. The van der Waals surface area contributed by atoms with Crippen molar-refractivity contribution in [2.45, 2.75) is 38.5 Å². The summed E-state index contributed by atoms with van der Waals surface area (Å²) in [5, 5.41) is 0. The number of thiophene rings is 2. The van der Waals surface area contributed by atoms with Crippen LogP contribution in [0.3, 0.4) is 0 Å². The van der Waals surface area contributed by atoms with Crippen molar-refractivity contribution in [3.05, 3.63) is 42.3 Å². The lowest BCUT2D eigenvalue weighted by atomic mass is 9.92. The van der Waals surface area contributed by atoms with Crippen LogP contribution in [0, 0.1) is 20.8 Å². The van der Waals surface area contributed by atoms with Crippen molar-refractivity contribution in [3.8, 4) is 0 Å². The fraction of sp³-hybridized carbons (Fsp3) is 0.333. The van der Waals surface area contributed by atoms with Crippen LogP contribution >= 0.6 is 22.7 Å². The maximum atomic E-state index is 14.8. The molecule has 1 aliphatic carbocycles. The molecule has 0 aliphatic heterocycles. The highest BCUT2D eigenvalue weighted by Crippen LogP contribution is 2.66. The van der Waals surface area contributed by atoms with Crippen molar-refractivity contribution in [1.29, 1.82) is 0 Å². The Balaban J connectivity index is 2.54. The molecule has 3 rings (SSSR count). The third kappa shape index (κ3) is 2.46. The number of halogens is 6. The van der Waals surface area contributed by atoms with E-state index in [0.29, 0.717) is 16.2 Å². The number of aryl methyl sites for hydroxylation is 3. The normalized spacial score (nSPS) is 19.9. The van der Waals surface area contributed by atoms with Crippen LogP contribution in [0.4, 0.5) is 26.3 Å². The first-order chi connectivity index (χ1) is 12.8. The molecule has 0 spiro atoms. The lowest BCUT2D eigenvalue weighted by Gasteiger charge is -2.25. The number of hydrogen-bond donors (Lipinski definition) is 0. The minimum atomic E-state index is -5.71. The van der Waals surface area contributed by atoms with Crippen LogP contribution in [0.25, 0.3) is 11.1 Å². The van der Waals surface area contributed by atoms with Crippen LogP contribution in [-0.2, 0) is 0 Å². The van der Waals surface area contributed by atoms with Crippen LogP contribution in [0.2, 0.25) is 0 Å². The van der Waals surface area contributed by atoms with Gasteiger partial charge in [-0.25, -0.2) is 0 Å². The van der Waals surface area contributed by atoms with Gasteiger partial charge in [0.05, 0.1) is 4.88 Å². The summed E-state index contributed by atoms with van der Waals surface area (Å²) < 4.78 is 87.5. The summed E-state index contributed by atoms with van der Waals surface area (Å²) >= 11 is 1.60. The molecule has 2 aromatic heterocycles. The number of alkyl halides is 6. The van der Waals surface area contributed by atoms with Crippen molar-refractivity contribution < 1.29 is 35.9 Å². The Bertz CT molecular complexity index is 1030. The van der Waals surface area contributed by atoms with Gasteiger partial charge in [0.2, 0.25) is 0 Å². The Morgan fingerprint density at radius 3 is 1.86 bits per heavy atom. The third-order valence-electron chi connectivity index (χ3n) is 4.60. The standard InChI is InChI=1S/C18H12F6O2S2/c1-7-4-10(8(2)27-7)14-15(17(21,22)18(23,24)16(14,19)20)13-9(3)28-12(6-26)11(13)5-25/h4-6H,1-3H3. The molecule has 0 aromatic carbocycles. The summed E-state index contributed by atoms with van der Waals surface area (Å²) in [4.78, 5) is 22.8. The predicted molar refractivity (Wildman–Crippen MR) is 95.3 cm³/mol. The molecule has 2 heterocycles. The second kappa shape index (κ2) is 6.28. The lowest BCUT2D eigenvalue weighted by Crippen LogP contribution is -2.49. The van der Waals surface area contributed by atoms with Gasteiger partial charge in [-0.3, -0.25) is 9.59 Å². The van der Waals surface area contributed by atoms with Crippen LogP contribution in [0.15, 0.2) is 6.07 Å². The van der Waals surface area contributed by atoms with Gasteiger partial charge in [-0.1, -0.05) is 0 Å². The van der Waals surface area contributed by atoms with Crippen LogP contribution in [0.1, 0.15) is 45.8 Å². The van der Waals surface area contributed by atoms with E-state index in [4.69, 9.17) is 0 Å². The second-order valence-corrected chi connectivity index (χ2v) is 9.06. The smallest absolute Gasteiger partial charge is 0.298 e. The number of rotatable bonds is 4. The quantitative estimate of drug-likeness (QED) is 0.421. The minimum absolute atomic E-state index is 0.0452. The molecule has 0 N–H and O–H groups in total. The van der Waals surface area contributed by atoms with Gasteiger partial charge in [0.1, 0.15) is 0 Å². The molecule has 0 amide bonds. The Hall–Kier alpha value is -1.94. The van der Waals surface area contributed by atoms with E-state index in [1.165, 1.54) is 20.8 Å². The molecule has 10 heteroatoms. The van der Waals surface area contributed by atoms with Gasteiger partial charge in [-0.05, 0) is 32.4 Å². The summed E-state index contributed by atoms with van der Waals surface area (Å²) in [6.45, 7) is 4.10. The molecule has 0 radical (unpaired) electrons. The molecule has 2 nitrogen and oxygen atoms in total. The number of aldehydes is 2. The summed E-state index contributed by atoms with van der Waals surface area (Å²) in [5.41, 5.74) is -4.86. The molecule has 2 aromatic rings. The molecule has 0 unspecified atom stereocenters. The molecule has 0 atom stereocenters. The average Bonchev–Trinajstić information content (AvgIpc) is 3.11. The molecule has 0 saturated carbocycles. The Kier molecular flexibility index (Phi) is 4.66. The van der Waals surface area contributed by atoms with Crippen molar-refractivity contribution in [1.82, 2.24) is 0 Å². The maximum absolute atomic E-state index is 14.8. The van der Waals surface area contributed by atoms with Crippen LogP contribution in [-0.4, -0.2) is 30.3 Å². The van der Waals surface area contributed by atoms with Crippen molar-refractivity contribution in [2.24, 2.45) is 0 Å². The van der Waals surface area contributed by atoms with E-state index in [1.807, 2.05) is 0 Å². The number of carbonyl (C=O) groups excluding carboxylic acids is 2. The fourth-order valence-electron chi connectivity index (χ4n) is 3.39. The molecule has 0 saturated heterocycles. The summed E-state index contributed by atoms with van der Waals surface area (Å²) in [6, 6.07) is 1.14. The Labute approximate surface area is 163 Å². The highest BCUT2D eigenvalue weighted by molar-refractivity contribution is 7.14. The zero-order valence-corrected chi connectivity index (χ0v) is 16.3. The molecule has 1 aliphatic rings. The molecule has 0 bridgehead atoms. The van der Waals surface area contributed by atoms with E-state index in [-0.39, 0.29) is 27.2 Å². The van der Waals surface area contributed by atoms with Crippen LogP contribution < -0.4 is 0 Å². The Morgan fingerprint density at radius 1 is 0.821 bits per heavy atom. The zero-order chi connectivity index (χ0) is 21.2. The zero-order valence-electron chi connectivity index (χ0n) is 14.6. The lowest BCUT2D eigenvalue weighted by molar-refractivity contribution is -0.254. The average molecular weight is 438 g/mol. The monoisotopic (exact) mass is 438 g/mol. The van der Waals surface area contributed by atoms with E-state index < -0.39 is 45.6 Å². The highest BCUT2D eigenvalue weighted by atomic mass is 32.1. The van der Waals surface area contributed by atoms with Gasteiger partial charge in [0, 0.05) is 36.9 Å². The first-order valence-corrected chi connectivity index (χ1v) is 9.46. The van der Waals surface area contributed by atoms with E-state index in [9.17, 15) is 35.9 Å². The fourth-order valence-corrected chi connectivity index (χ4v) is 5.27. The van der Waals surface area contributed by atoms with Gasteiger partial charge in [-0.2, -0.15) is 26.3 Å². The second-order valence-electron chi connectivity index (χ2n) is 6.35. The highest BCUT2D eigenvalue weighted by Gasteiger charge is 2.80.